The predicted molar refractivity (Wildman–Crippen MR) is 55.2 cm³/mol. The number of hydrogen-bond acceptors (Lipinski definition) is 4. The molecule has 0 aromatic heterocycles. The number of rotatable bonds is 6. The first kappa shape index (κ1) is 12.5. The van der Waals surface area contributed by atoms with Crippen LogP contribution in [0.3, 0.4) is 0 Å². The van der Waals surface area contributed by atoms with Crippen LogP contribution in [0.2, 0.25) is 0 Å². The molecule has 0 aromatic carbocycles. The molecular weight excluding hydrogens is 196 g/mol. The smallest absolute Gasteiger partial charge is 0.312 e. The predicted octanol–water partition coefficient (Wildman–Crippen LogP) is 0.709. The van der Waals surface area contributed by atoms with Crippen molar-refractivity contribution < 1.29 is 19.7 Å². The number of unbranched alkanes of at least 4 members (excludes halogenated alkanes) is 2. The topological polar surface area (TPSA) is 66.8 Å². The van der Waals surface area contributed by atoms with E-state index in [-0.39, 0.29) is 25.1 Å². The maximum atomic E-state index is 11.3. The maximum Gasteiger partial charge on any atom is 0.312 e. The van der Waals surface area contributed by atoms with Gasteiger partial charge in [-0.1, -0.05) is 26.2 Å². The largest absolute Gasteiger partial charge is 0.465 e. The molecule has 1 saturated heterocycles. The van der Waals surface area contributed by atoms with E-state index in [0.29, 0.717) is 6.42 Å². The summed E-state index contributed by atoms with van der Waals surface area (Å²) < 4.78 is 4.84. The lowest BCUT2D eigenvalue weighted by Crippen LogP contribution is -2.31. The van der Waals surface area contributed by atoms with Crippen LogP contribution in [0.4, 0.5) is 0 Å². The lowest BCUT2D eigenvalue weighted by Gasteiger charge is -2.18. The minimum absolute atomic E-state index is 0.0960. The number of carbonyl (C=O) groups excluding carboxylic acids is 1. The van der Waals surface area contributed by atoms with E-state index in [2.05, 4.69) is 6.92 Å². The molecule has 0 aliphatic carbocycles. The van der Waals surface area contributed by atoms with Crippen molar-refractivity contribution >= 4 is 5.97 Å². The Kier molecular flexibility index (Phi) is 5.05. The van der Waals surface area contributed by atoms with Crippen molar-refractivity contribution in [1.29, 1.82) is 0 Å². The highest BCUT2D eigenvalue weighted by atomic mass is 16.5. The van der Waals surface area contributed by atoms with Gasteiger partial charge in [-0.05, 0) is 6.42 Å². The van der Waals surface area contributed by atoms with Gasteiger partial charge in [0.2, 0.25) is 0 Å². The van der Waals surface area contributed by atoms with Crippen LogP contribution in [-0.2, 0) is 9.53 Å². The third kappa shape index (κ3) is 3.18. The zero-order valence-electron chi connectivity index (χ0n) is 9.19. The van der Waals surface area contributed by atoms with Crippen LogP contribution in [0.25, 0.3) is 0 Å². The van der Waals surface area contributed by atoms with Crippen LogP contribution in [0.1, 0.15) is 32.6 Å². The number of hydrogen-bond donors (Lipinski definition) is 2. The molecule has 2 N–H and O–H groups in total. The van der Waals surface area contributed by atoms with Gasteiger partial charge < -0.3 is 14.9 Å². The van der Waals surface area contributed by atoms with Crippen LogP contribution in [0.5, 0.6) is 0 Å². The van der Waals surface area contributed by atoms with Gasteiger partial charge in [-0.25, -0.2) is 0 Å². The van der Waals surface area contributed by atoms with Gasteiger partial charge in [-0.3, -0.25) is 4.79 Å². The van der Waals surface area contributed by atoms with E-state index in [4.69, 9.17) is 9.84 Å². The lowest BCUT2D eigenvalue weighted by molar-refractivity contribution is -0.144. The fraction of sp³-hybridized carbons (Fsp3) is 0.909. The molecule has 15 heavy (non-hydrogen) atoms. The van der Waals surface area contributed by atoms with Gasteiger partial charge in [-0.2, -0.15) is 0 Å². The third-order valence-electron chi connectivity index (χ3n) is 2.97. The Morgan fingerprint density at radius 1 is 1.53 bits per heavy atom. The molecule has 1 unspecified atom stereocenters. The van der Waals surface area contributed by atoms with Gasteiger partial charge in [0.15, 0.2) is 0 Å². The molecule has 0 spiro atoms. The van der Waals surface area contributed by atoms with Crippen LogP contribution >= 0.6 is 0 Å². The van der Waals surface area contributed by atoms with Crippen LogP contribution < -0.4 is 0 Å². The van der Waals surface area contributed by atoms with Crippen LogP contribution in [-0.4, -0.2) is 35.5 Å². The first-order valence-corrected chi connectivity index (χ1v) is 5.66. The van der Waals surface area contributed by atoms with Crippen molar-refractivity contribution in [3.63, 3.8) is 0 Å². The number of aliphatic hydroxyl groups excluding tert-OH is 2. The minimum atomic E-state index is -0.663. The Labute approximate surface area is 90.2 Å². The van der Waals surface area contributed by atoms with Gasteiger partial charge in [0.05, 0.1) is 25.2 Å². The number of esters is 1. The van der Waals surface area contributed by atoms with Crippen LogP contribution in [0.15, 0.2) is 0 Å². The lowest BCUT2D eigenvalue weighted by atomic mass is 9.88. The van der Waals surface area contributed by atoms with Crippen molar-refractivity contribution in [2.45, 2.75) is 38.7 Å². The Morgan fingerprint density at radius 2 is 2.27 bits per heavy atom. The standard InChI is InChI=1S/C11H20O4/c1-2-3-4-5-9(13)10-8(6-12)7-15-11(10)14/h8-10,12-13H,2-7H2,1H3/t8-,9?,10+/m1/s1. The third-order valence-corrected chi connectivity index (χ3v) is 2.97. The van der Waals surface area contributed by atoms with Gasteiger partial charge in [-0.15, -0.1) is 0 Å². The van der Waals surface area contributed by atoms with E-state index in [1.807, 2.05) is 0 Å². The molecule has 1 aliphatic rings. The summed E-state index contributed by atoms with van der Waals surface area (Å²) in [6, 6.07) is 0. The molecule has 0 aromatic rings. The fourth-order valence-corrected chi connectivity index (χ4v) is 2.00. The first-order chi connectivity index (χ1) is 7.20. The average Bonchev–Trinajstić information content (AvgIpc) is 2.59. The quantitative estimate of drug-likeness (QED) is 0.507. The summed E-state index contributed by atoms with van der Waals surface area (Å²) in [5.41, 5.74) is 0. The molecule has 4 heteroatoms. The zero-order valence-corrected chi connectivity index (χ0v) is 9.19. The van der Waals surface area contributed by atoms with Crippen molar-refractivity contribution in [3.8, 4) is 0 Å². The molecule has 0 amide bonds. The van der Waals surface area contributed by atoms with E-state index < -0.39 is 12.0 Å². The van der Waals surface area contributed by atoms with Gasteiger partial charge >= 0.3 is 5.97 Å². The van der Waals surface area contributed by atoms with E-state index >= 15 is 0 Å². The van der Waals surface area contributed by atoms with Gasteiger partial charge in [0.25, 0.3) is 0 Å². The highest BCUT2D eigenvalue weighted by molar-refractivity contribution is 5.75. The molecule has 4 nitrogen and oxygen atoms in total. The summed E-state index contributed by atoms with van der Waals surface area (Å²) in [4.78, 5) is 11.3. The summed E-state index contributed by atoms with van der Waals surface area (Å²) in [5.74, 6) is -1.11. The van der Waals surface area contributed by atoms with Crippen LogP contribution in [0, 0.1) is 11.8 Å². The number of cyclic esters (lactones) is 1. The molecule has 1 rings (SSSR count). The Morgan fingerprint density at radius 3 is 2.87 bits per heavy atom. The average molecular weight is 216 g/mol. The summed E-state index contributed by atoms with van der Waals surface area (Å²) in [7, 11) is 0. The molecular formula is C11H20O4. The number of aliphatic hydroxyl groups is 2. The summed E-state index contributed by atoms with van der Waals surface area (Å²) in [6.07, 6.45) is 3.01. The first-order valence-electron chi connectivity index (χ1n) is 5.66. The van der Waals surface area contributed by atoms with Crippen molar-refractivity contribution in [1.82, 2.24) is 0 Å². The second-order valence-electron chi connectivity index (χ2n) is 4.16. The SMILES string of the molecule is CCCCCC(O)[C@H]1C(=O)OC[C@H]1CO. The second kappa shape index (κ2) is 6.08. The monoisotopic (exact) mass is 216 g/mol. The molecule has 88 valence electrons. The Balaban J connectivity index is 2.41. The van der Waals surface area contributed by atoms with Gasteiger partial charge in [0, 0.05) is 5.92 Å². The van der Waals surface area contributed by atoms with E-state index in [1.165, 1.54) is 0 Å². The number of ether oxygens (including phenoxy) is 1. The summed E-state index contributed by atoms with van der Waals surface area (Å²) >= 11 is 0. The highest BCUT2D eigenvalue weighted by Crippen LogP contribution is 2.27. The zero-order chi connectivity index (χ0) is 11.3. The second-order valence-corrected chi connectivity index (χ2v) is 4.16. The van der Waals surface area contributed by atoms with Crippen molar-refractivity contribution in [3.05, 3.63) is 0 Å². The summed E-state index contributed by atoms with van der Waals surface area (Å²) in [6.45, 7) is 2.23. The Bertz CT molecular complexity index is 205. The van der Waals surface area contributed by atoms with E-state index in [1.54, 1.807) is 0 Å². The van der Waals surface area contributed by atoms with Gasteiger partial charge in [0.1, 0.15) is 0 Å². The molecule has 3 atom stereocenters. The van der Waals surface area contributed by atoms with E-state index in [0.717, 1.165) is 19.3 Å². The molecule has 1 aliphatic heterocycles. The normalized spacial score (nSPS) is 27.8. The molecule has 0 bridgehead atoms. The van der Waals surface area contributed by atoms with Crippen molar-refractivity contribution in [2.75, 3.05) is 13.2 Å². The molecule has 1 fully saturated rings. The highest BCUT2D eigenvalue weighted by Gasteiger charge is 2.40. The Hall–Kier alpha value is -0.610. The minimum Gasteiger partial charge on any atom is -0.465 e. The number of carbonyl (C=O) groups is 1. The fourth-order valence-electron chi connectivity index (χ4n) is 2.00. The van der Waals surface area contributed by atoms with E-state index in [9.17, 15) is 9.90 Å². The molecule has 0 radical (unpaired) electrons. The molecule has 1 heterocycles. The molecule has 0 saturated carbocycles. The van der Waals surface area contributed by atoms with Crippen molar-refractivity contribution in [2.24, 2.45) is 11.8 Å². The maximum absolute atomic E-state index is 11.3. The summed E-state index contributed by atoms with van der Waals surface area (Å²) in [5, 5.41) is 18.9.